The van der Waals surface area contributed by atoms with E-state index in [2.05, 4.69) is 16.9 Å². The Hall–Kier alpha value is -4.12. The molecule has 1 N–H and O–H groups in total. The van der Waals surface area contributed by atoms with Crippen LogP contribution in [0.4, 0.5) is 5.69 Å². The number of carbonyl (C=O) groups excluding carboxylic acids is 1. The number of aliphatic carboxylic acids is 1. The third kappa shape index (κ3) is 5.74. The fourth-order valence-corrected chi connectivity index (χ4v) is 5.74. The standard InChI is InChI=1S/C29H35N5O6/c1-3-4-10-34(21-6-5-8-30-15-21)26(35)17-33-16-22(20-13-24(38-2)28-25(14-20)39-19-40-28)27(29(36)37)23(33)7-11-32-12-9-31-18-32/h5-6,8-9,12-15,18,22-23,27H,3-4,7,10-11,16-17,19H2,1-2H3,(H,36,37). The maximum Gasteiger partial charge on any atom is 0.308 e. The molecule has 2 aliphatic heterocycles. The number of rotatable bonds is 12. The summed E-state index contributed by atoms with van der Waals surface area (Å²) in [6.07, 6.45) is 11.0. The lowest BCUT2D eigenvalue weighted by Gasteiger charge is -2.29. The van der Waals surface area contributed by atoms with Gasteiger partial charge in [-0.15, -0.1) is 0 Å². The van der Waals surface area contributed by atoms with Crippen molar-refractivity contribution in [2.24, 2.45) is 5.92 Å². The Kier molecular flexibility index (Phi) is 8.49. The summed E-state index contributed by atoms with van der Waals surface area (Å²) >= 11 is 0. The first-order valence-corrected chi connectivity index (χ1v) is 13.6. The smallest absolute Gasteiger partial charge is 0.308 e. The number of fused-ring (bicyclic) bond motifs is 1. The highest BCUT2D eigenvalue weighted by molar-refractivity contribution is 5.94. The summed E-state index contributed by atoms with van der Waals surface area (Å²) in [6, 6.07) is 6.98. The molecule has 3 unspecified atom stereocenters. The van der Waals surface area contributed by atoms with Gasteiger partial charge in [-0.25, -0.2) is 4.98 Å². The Morgan fingerprint density at radius 2 is 2.10 bits per heavy atom. The summed E-state index contributed by atoms with van der Waals surface area (Å²) in [5.74, 6) is -0.564. The number of aryl methyl sites for hydroxylation is 1. The minimum Gasteiger partial charge on any atom is -0.493 e. The van der Waals surface area contributed by atoms with Gasteiger partial charge in [-0.2, -0.15) is 0 Å². The molecule has 1 aromatic carbocycles. The van der Waals surface area contributed by atoms with Crippen LogP contribution in [0.2, 0.25) is 0 Å². The Labute approximate surface area is 233 Å². The molecule has 1 fully saturated rings. The highest BCUT2D eigenvalue weighted by Crippen LogP contribution is 2.47. The predicted octanol–water partition coefficient (Wildman–Crippen LogP) is 3.41. The minimum atomic E-state index is -0.901. The topological polar surface area (TPSA) is 119 Å². The molecule has 0 radical (unpaired) electrons. The molecule has 3 atom stereocenters. The molecule has 40 heavy (non-hydrogen) atoms. The monoisotopic (exact) mass is 549 g/mol. The Bertz CT molecular complexity index is 1300. The van der Waals surface area contributed by atoms with Crippen molar-refractivity contribution in [2.75, 3.05) is 38.4 Å². The zero-order chi connectivity index (χ0) is 28.1. The summed E-state index contributed by atoms with van der Waals surface area (Å²) in [6.45, 7) is 3.81. The number of methoxy groups -OCH3 is 1. The van der Waals surface area contributed by atoms with Gasteiger partial charge in [0.2, 0.25) is 18.4 Å². The normalized spacial score (nSPS) is 20.0. The molecule has 11 nitrogen and oxygen atoms in total. The fourth-order valence-electron chi connectivity index (χ4n) is 5.74. The van der Waals surface area contributed by atoms with E-state index < -0.39 is 11.9 Å². The zero-order valence-electron chi connectivity index (χ0n) is 22.8. The first-order valence-electron chi connectivity index (χ1n) is 13.6. The van der Waals surface area contributed by atoms with E-state index in [9.17, 15) is 14.7 Å². The average molecular weight is 550 g/mol. The number of hydrogen-bond donors (Lipinski definition) is 1. The van der Waals surface area contributed by atoms with E-state index >= 15 is 0 Å². The van der Waals surface area contributed by atoms with Gasteiger partial charge in [0.1, 0.15) is 0 Å². The van der Waals surface area contributed by atoms with Gasteiger partial charge in [0.05, 0.1) is 37.8 Å². The first-order chi connectivity index (χ1) is 19.5. The van der Waals surface area contributed by atoms with E-state index in [1.165, 1.54) is 0 Å². The first kappa shape index (κ1) is 27.4. The van der Waals surface area contributed by atoms with Crippen LogP contribution in [0.5, 0.6) is 17.2 Å². The maximum absolute atomic E-state index is 13.8. The van der Waals surface area contributed by atoms with E-state index in [1.54, 1.807) is 36.9 Å². The van der Waals surface area contributed by atoms with Crippen molar-refractivity contribution in [2.45, 2.75) is 44.7 Å². The fraction of sp³-hybridized carbons (Fsp3) is 0.448. The highest BCUT2D eigenvalue weighted by Gasteiger charge is 2.47. The molecule has 1 amide bonds. The van der Waals surface area contributed by atoms with Crippen molar-refractivity contribution in [1.82, 2.24) is 19.4 Å². The van der Waals surface area contributed by atoms with Gasteiger partial charge in [0, 0.05) is 50.2 Å². The molecule has 4 heterocycles. The van der Waals surface area contributed by atoms with E-state index in [-0.39, 0.29) is 31.2 Å². The second kappa shape index (κ2) is 12.4. The number of anilines is 1. The highest BCUT2D eigenvalue weighted by atomic mass is 16.7. The third-order valence-corrected chi connectivity index (χ3v) is 7.72. The molecule has 2 aromatic heterocycles. The molecule has 212 valence electrons. The lowest BCUT2D eigenvalue weighted by molar-refractivity contribution is -0.143. The Balaban J connectivity index is 1.46. The summed E-state index contributed by atoms with van der Waals surface area (Å²) in [4.78, 5) is 38.7. The van der Waals surface area contributed by atoms with Gasteiger partial charge in [0.15, 0.2) is 11.5 Å². The van der Waals surface area contributed by atoms with Gasteiger partial charge < -0.3 is 28.8 Å². The lowest BCUT2D eigenvalue weighted by Crippen LogP contribution is -2.45. The Morgan fingerprint density at radius 3 is 2.80 bits per heavy atom. The largest absolute Gasteiger partial charge is 0.493 e. The van der Waals surface area contributed by atoms with Crippen LogP contribution >= 0.6 is 0 Å². The molecule has 5 rings (SSSR count). The van der Waals surface area contributed by atoms with Crippen molar-refractivity contribution < 1.29 is 28.9 Å². The van der Waals surface area contributed by atoms with Crippen LogP contribution in [0, 0.1) is 5.92 Å². The van der Waals surface area contributed by atoms with E-state index in [0.717, 1.165) is 24.1 Å². The van der Waals surface area contributed by atoms with Crippen LogP contribution < -0.4 is 19.1 Å². The summed E-state index contributed by atoms with van der Waals surface area (Å²) < 4.78 is 18.7. The number of amides is 1. The van der Waals surface area contributed by atoms with Crippen molar-refractivity contribution in [1.29, 1.82) is 0 Å². The minimum absolute atomic E-state index is 0.0814. The average Bonchev–Trinajstić information content (AvgIpc) is 3.72. The van der Waals surface area contributed by atoms with Gasteiger partial charge >= 0.3 is 5.97 Å². The lowest BCUT2D eigenvalue weighted by atomic mass is 9.84. The van der Waals surface area contributed by atoms with Gasteiger partial charge in [-0.3, -0.25) is 19.5 Å². The predicted molar refractivity (Wildman–Crippen MR) is 147 cm³/mol. The number of carboxylic acids is 1. The van der Waals surface area contributed by atoms with Crippen LogP contribution in [0.3, 0.4) is 0 Å². The molecule has 11 heteroatoms. The number of imidazole rings is 1. The molecule has 3 aromatic rings. The number of pyridine rings is 1. The third-order valence-electron chi connectivity index (χ3n) is 7.72. The van der Waals surface area contributed by atoms with Crippen LogP contribution in [-0.2, 0) is 16.1 Å². The van der Waals surface area contributed by atoms with Gasteiger partial charge in [-0.05, 0) is 42.7 Å². The zero-order valence-corrected chi connectivity index (χ0v) is 22.8. The van der Waals surface area contributed by atoms with Gasteiger partial charge in [-0.1, -0.05) is 13.3 Å². The van der Waals surface area contributed by atoms with E-state index in [1.807, 2.05) is 39.9 Å². The number of ether oxygens (including phenoxy) is 3. The quantitative estimate of drug-likeness (QED) is 0.362. The molecule has 0 saturated carbocycles. The number of aromatic nitrogens is 3. The van der Waals surface area contributed by atoms with E-state index in [0.29, 0.717) is 43.3 Å². The van der Waals surface area contributed by atoms with Gasteiger partial charge in [0.25, 0.3) is 0 Å². The molecule has 0 aliphatic carbocycles. The van der Waals surface area contributed by atoms with Crippen LogP contribution in [0.1, 0.15) is 37.7 Å². The number of carbonyl (C=O) groups is 2. The summed E-state index contributed by atoms with van der Waals surface area (Å²) in [5, 5.41) is 10.5. The van der Waals surface area contributed by atoms with Crippen LogP contribution in [-0.4, -0.2) is 76.0 Å². The van der Waals surface area contributed by atoms with E-state index in [4.69, 9.17) is 14.2 Å². The number of likely N-dealkylation sites (tertiary alicyclic amines) is 1. The second-order valence-corrected chi connectivity index (χ2v) is 10.1. The molecule has 0 spiro atoms. The van der Waals surface area contributed by atoms with Crippen LogP contribution in [0.25, 0.3) is 0 Å². The molecular weight excluding hydrogens is 514 g/mol. The SMILES string of the molecule is CCCCN(C(=O)CN1CC(c2cc(OC)c3c(c2)OCO3)C(C(=O)O)C1CCn1ccnc1)c1cccnc1. The Morgan fingerprint density at radius 1 is 1.23 bits per heavy atom. The van der Waals surface area contributed by atoms with Crippen LogP contribution in [0.15, 0.2) is 55.4 Å². The number of nitrogens with zero attached hydrogens (tertiary/aromatic N) is 5. The summed E-state index contributed by atoms with van der Waals surface area (Å²) in [7, 11) is 1.55. The summed E-state index contributed by atoms with van der Waals surface area (Å²) in [5.41, 5.74) is 1.52. The van der Waals surface area contributed by atoms with Crippen molar-refractivity contribution in [3.05, 3.63) is 60.9 Å². The van der Waals surface area contributed by atoms with Crippen molar-refractivity contribution in [3.63, 3.8) is 0 Å². The molecule has 0 bridgehead atoms. The number of hydrogen-bond acceptors (Lipinski definition) is 8. The molecule has 2 aliphatic rings. The number of carboxylic acid groups (broad SMARTS) is 1. The second-order valence-electron chi connectivity index (χ2n) is 10.1. The maximum atomic E-state index is 13.8. The molecular formula is C29H35N5O6. The number of benzene rings is 1. The van der Waals surface area contributed by atoms with Crippen molar-refractivity contribution in [3.8, 4) is 17.2 Å². The van der Waals surface area contributed by atoms with Crippen molar-refractivity contribution >= 4 is 17.6 Å². The number of unbranched alkanes of at least 4 members (excludes halogenated alkanes) is 1. The molecule has 1 saturated heterocycles.